The number of benzene rings is 2. The second-order valence-corrected chi connectivity index (χ2v) is 7.74. The van der Waals surface area contributed by atoms with E-state index in [1.165, 1.54) is 69.8 Å². The van der Waals surface area contributed by atoms with Gasteiger partial charge in [0.05, 0.1) is 19.8 Å². The molecule has 0 heterocycles. The monoisotopic (exact) mass is 413 g/mol. The standard InChI is InChI=1S/C16H27N.C10H12O3/c1-5-7-9-17(10-8-6-2)16-12-14(3)11-15(4)13-16;1-7-4-9(12-2)8(6-11)10(5-7)13-3/h11-13H,5-10H2,1-4H3;4-6H,1-3H3. The Hall–Kier alpha value is -2.49. The van der Waals surface area contributed by atoms with Crippen LogP contribution in [0.3, 0.4) is 0 Å². The van der Waals surface area contributed by atoms with Gasteiger partial charge in [0.1, 0.15) is 11.5 Å². The average Bonchev–Trinajstić information content (AvgIpc) is 2.72. The van der Waals surface area contributed by atoms with Crippen LogP contribution in [-0.4, -0.2) is 33.6 Å². The summed E-state index contributed by atoms with van der Waals surface area (Å²) in [6.07, 6.45) is 5.85. The number of methoxy groups -OCH3 is 2. The number of ether oxygens (including phenoxy) is 2. The third kappa shape index (κ3) is 8.10. The molecule has 2 rings (SSSR count). The highest BCUT2D eigenvalue weighted by Gasteiger charge is 2.09. The van der Waals surface area contributed by atoms with Crippen molar-refractivity contribution in [2.75, 3.05) is 32.2 Å². The molecule has 0 amide bonds. The second-order valence-electron chi connectivity index (χ2n) is 7.74. The van der Waals surface area contributed by atoms with Crippen molar-refractivity contribution in [3.05, 3.63) is 52.6 Å². The number of rotatable bonds is 10. The smallest absolute Gasteiger partial charge is 0.157 e. The Morgan fingerprint density at radius 2 is 1.20 bits per heavy atom. The first-order valence-electron chi connectivity index (χ1n) is 10.9. The lowest BCUT2D eigenvalue weighted by Crippen LogP contribution is -2.25. The maximum atomic E-state index is 10.7. The third-order valence-electron chi connectivity index (χ3n) is 4.94. The van der Waals surface area contributed by atoms with E-state index in [2.05, 4.69) is 50.8 Å². The third-order valence-corrected chi connectivity index (χ3v) is 4.94. The van der Waals surface area contributed by atoms with E-state index in [-0.39, 0.29) is 0 Å². The summed E-state index contributed by atoms with van der Waals surface area (Å²) in [4.78, 5) is 13.3. The maximum absolute atomic E-state index is 10.7. The van der Waals surface area contributed by atoms with Crippen LogP contribution in [0, 0.1) is 20.8 Å². The number of aldehydes is 1. The predicted molar refractivity (Wildman–Crippen MR) is 128 cm³/mol. The molecule has 2 aromatic carbocycles. The summed E-state index contributed by atoms with van der Waals surface area (Å²) in [5.74, 6) is 1.10. The summed E-state index contributed by atoms with van der Waals surface area (Å²) in [6.45, 7) is 13.2. The molecule has 0 fully saturated rings. The molecule has 4 nitrogen and oxygen atoms in total. The van der Waals surface area contributed by atoms with Crippen molar-refractivity contribution in [2.45, 2.75) is 60.3 Å². The first-order valence-corrected chi connectivity index (χ1v) is 10.9. The van der Waals surface area contributed by atoms with Crippen LogP contribution >= 0.6 is 0 Å². The molecule has 166 valence electrons. The number of nitrogens with zero attached hydrogens (tertiary/aromatic N) is 1. The van der Waals surface area contributed by atoms with Crippen LogP contribution in [0.5, 0.6) is 11.5 Å². The van der Waals surface area contributed by atoms with E-state index in [4.69, 9.17) is 9.47 Å². The molecule has 0 aromatic heterocycles. The number of aryl methyl sites for hydroxylation is 3. The van der Waals surface area contributed by atoms with Gasteiger partial charge in [-0.2, -0.15) is 0 Å². The van der Waals surface area contributed by atoms with Crippen molar-refractivity contribution < 1.29 is 14.3 Å². The van der Waals surface area contributed by atoms with Crippen LogP contribution in [0.1, 0.15) is 66.6 Å². The molecule has 0 spiro atoms. The quantitative estimate of drug-likeness (QED) is 0.415. The minimum absolute atomic E-state index is 0.454. The molecular weight excluding hydrogens is 374 g/mol. The summed E-state index contributed by atoms with van der Waals surface area (Å²) >= 11 is 0. The van der Waals surface area contributed by atoms with E-state index in [1.807, 2.05) is 6.92 Å². The zero-order chi connectivity index (χ0) is 22.5. The molecule has 0 atom stereocenters. The first-order chi connectivity index (χ1) is 14.4. The summed E-state index contributed by atoms with van der Waals surface area (Å²) < 4.78 is 10.1. The van der Waals surface area contributed by atoms with Gasteiger partial charge < -0.3 is 14.4 Å². The van der Waals surface area contributed by atoms with Crippen LogP contribution in [0.2, 0.25) is 0 Å². The highest BCUT2D eigenvalue weighted by molar-refractivity contribution is 5.84. The molecule has 0 aliphatic carbocycles. The van der Waals surface area contributed by atoms with E-state index < -0.39 is 0 Å². The van der Waals surface area contributed by atoms with Crippen molar-refractivity contribution in [1.82, 2.24) is 0 Å². The van der Waals surface area contributed by atoms with Gasteiger partial charge in [0.25, 0.3) is 0 Å². The molecule has 0 aliphatic heterocycles. The van der Waals surface area contributed by atoms with E-state index in [0.717, 1.165) is 11.8 Å². The summed E-state index contributed by atoms with van der Waals surface area (Å²) in [6, 6.07) is 10.5. The highest BCUT2D eigenvalue weighted by Crippen LogP contribution is 2.28. The first kappa shape index (κ1) is 25.5. The van der Waals surface area contributed by atoms with Crippen LogP contribution in [0.4, 0.5) is 5.69 Å². The number of hydrogen-bond acceptors (Lipinski definition) is 4. The number of anilines is 1. The van der Waals surface area contributed by atoms with Crippen LogP contribution in [0.25, 0.3) is 0 Å². The Morgan fingerprint density at radius 1 is 0.767 bits per heavy atom. The fourth-order valence-electron chi connectivity index (χ4n) is 3.39. The molecule has 0 N–H and O–H groups in total. The summed E-state index contributed by atoms with van der Waals surface area (Å²) in [7, 11) is 3.06. The van der Waals surface area contributed by atoms with Gasteiger partial charge in [-0.15, -0.1) is 0 Å². The Morgan fingerprint density at radius 3 is 1.57 bits per heavy atom. The van der Waals surface area contributed by atoms with Gasteiger partial charge in [0, 0.05) is 18.8 Å². The SMILES string of the molecule is CCCCN(CCCC)c1cc(C)cc(C)c1.COc1cc(C)cc(OC)c1C=O. The highest BCUT2D eigenvalue weighted by atomic mass is 16.5. The van der Waals surface area contributed by atoms with E-state index in [0.29, 0.717) is 17.1 Å². The summed E-state index contributed by atoms with van der Waals surface area (Å²) in [5, 5.41) is 0. The number of hydrogen-bond donors (Lipinski definition) is 0. The van der Waals surface area contributed by atoms with Crippen LogP contribution in [-0.2, 0) is 0 Å². The summed E-state index contributed by atoms with van der Waals surface area (Å²) in [5.41, 5.74) is 5.61. The fourth-order valence-corrected chi connectivity index (χ4v) is 3.39. The van der Waals surface area contributed by atoms with Crippen molar-refractivity contribution in [3.8, 4) is 11.5 Å². The van der Waals surface area contributed by atoms with Gasteiger partial charge in [0.15, 0.2) is 6.29 Å². The molecule has 0 bridgehead atoms. The molecule has 30 heavy (non-hydrogen) atoms. The lowest BCUT2D eigenvalue weighted by Gasteiger charge is -2.25. The van der Waals surface area contributed by atoms with Gasteiger partial charge >= 0.3 is 0 Å². The minimum atomic E-state index is 0.454. The average molecular weight is 414 g/mol. The van der Waals surface area contributed by atoms with Gasteiger partial charge in [-0.25, -0.2) is 0 Å². The Bertz CT molecular complexity index is 733. The van der Waals surface area contributed by atoms with Crippen molar-refractivity contribution in [2.24, 2.45) is 0 Å². The van der Waals surface area contributed by atoms with Crippen LogP contribution in [0.15, 0.2) is 30.3 Å². The number of unbranched alkanes of at least 4 members (excludes halogenated alkanes) is 2. The van der Waals surface area contributed by atoms with Gasteiger partial charge in [0.2, 0.25) is 0 Å². The Kier molecular flexibility index (Phi) is 11.7. The zero-order valence-corrected chi connectivity index (χ0v) is 19.9. The van der Waals surface area contributed by atoms with Gasteiger partial charge in [-0.1, -0.05) is 32.8 Å². The Labute approximate surface area is 183 Å². The molecule has 0 aliphatic rings. The zero-order valence-electron chi connectivity index (χ0n) is 19.9. The maximum Gasteiger partial charge on any atom is 0.157 e. The van der Waals surface area contributed by atoms with Crippen molar-refractivity contribution in [3.63, 3.8) is 0 Å². The molecule has 0 saturated carbocycles. The topological polar surface area (TPSA) is 38.8 Å². The fraction of sp³-hybridized carbons (Fsp3) is 0.500. The van der Waals surface area contributed by atoms with E-state index in [1.54, 1.807) is 12.1 Å². The normalized spacial score (nSPS) is 10.1. The van der Waals surface area contributed by atoms with E-state index >= 15 is 0 Å². The van der Waals surface area contributed by atoms with Gasteiger partial charge in [-0.05, 0) is 74.6 Å². The van der Waals surface area contributed by atoms with Crippen molar-refractivity contribution >= 4 is 12.0 Å². The molecule has 0 unspecified atom stereocenters. The molecule has 0 radical (unpaired) electrons. The van der Waals surface area contributed by atoms with Crippen molar-refractivity contribution in [1.29, 1.82) is 0 Å². The lowest BCUT2D eigenvalue weighted by molar-refractivity contribution is 0.111. The molecular formula is C26H39NO3. The Balaban J connectivity index is 0.000000311. The van der Waals surface area contributed by atoms with Gasteiger partial charge in [-0.3, -0.25) is 4.79 Å². The minimum Gasteiger partial charge on any atom is -0.496 e. The molecule has 0 saturated heterocycles. The number of carbonyl (C=O) groups excluding carboxylic acids is 1. The largest absolute Gasteiger partial charge is 0.496 e. The second kappa shape index (κ2) is 13.7. The lowest BCUT2D eigenvalue weighted by atomic mass is 10.1. The van der Waals surface area contributed by atoms with Crippen LogP contribution < -0.4 is 14.4 Å². The van der Waals surface area contributed by atoms with E-state index in [9.17, 15) is 4.79 Å². The number of carbonyl (C=O) groups is 1. The molecule has 2 aromatic rings. The molecule has 4 heteroatoms. The predicted octanol–water partition coefficient (Wildman–Crippen LogP) is 6.53.